The highest BCUT2D eigenvalue weighted by Crippen LogP contribution is 2.17. The number of ether oxygens (including phenoxy) is 1. The number of benzene rings is 1. The second kappa shape index (κ2) is 8.81. The van der Waals surface area contributed by atoms with Crippen LogP contribution in [0.2, 0.25) is 0 Å². The zero-order chi connectivity index (χ0) is 19.9. The normalized spacial score (nSPS) is 13.6. The van der Waals surface area contributed by atoms with Crippen molar-refractivity contribution < 1.29 is 14.3 Å². The van der Waals surface area contributed by atoms with Gasteiger partial charge in [-0.15, -0.1) is 0 Å². The van der Waals surface area contributed by atoms with Gasteiger partial charge in [-0.2, -0.15) is 5.26 Å². The minimum Gasteiger partial charge on any atom is -0.450 e. The first-order valence-electron chi connectivity index (χ1n) is 8.91. The maximum atomic E-state index is 12.7. The van der Waals surface area contributed by atoms with Gasteiger partial charge >= 0.3 is 6.09 Å². The van der Waals surface area contributed by atoms with E-state index >= 15 is 0 Å². The molecule has 2 amide bonds. The molecule has 2 aromatic rings. The molecule has 0 atom stereocenters. The number of aromatic nitrogens is 2. The molecule has 0 unspecified atom stereocenters. The molecule has 0 radical (unpaired) electrons. The molecule has 3 rings (SSSR count). The van der Waals surface area contributed by atoms with Crippen molar-refractivity contribution >= 4 is 23.5 Å². The fourth-order valence-electron chi connectivity index (χ4n) is 2.83. The summed E-state index contributed by atoms with van der Waals surface area (Å²) < 4.78 is 4.99. The van der Waals surface area contributed by atoms with Crippen LogP contribution in [0.25, 0.3) is 0 Å². The molecule has 28 heavy (non-hydrogen) atoms. The first-order valence-corrected chi connectivity index (χ1v) is 8.91. The summed E-state index contributed by atoms with van der Waals surface area (Å²) in [5.41, 5.74) is 1.48. The fraction of sp³-hybridized carbons (Fsp3) is 0.316. The molecule has 2 heterocycles. The van der Waals surface area contributed by atoms with Crippen LogP contribution in [0, 0.1) is 11.3 Å². The highest BCUT2D eigenvalue weighted by molar-refractivity contribution is 5.93. The Bertz CT molecular complexity index is 903. The molecule has 1 aliphatic rings. The van der Waals surface area contributed by atoms with Gasteiger partial charge in [-0.1, -0.05) is 6.07 Å². The quantitative estimate of drug-likeness (QED) is 0.863. The van der Waals surface area contributed by atoms with Crippen LogP contribution in [0.3, 0.4) is 0 Å². The Morgan fingerprint density at radius 3 is 2.64 bits per heavy atom. The van der Waals surface area contributed by atoms with Crippen molar-refractivity contribution in [3.05, 3.63) is 47.9 Å². The zero-order valence-electron chi connectivity index (χ0n) is 15.5. The lowest BCUT2D eigenvalue weighted by Gasteiger charge is -2.33. The van der Waals surface area contributed by atoms with Crippen molar-refractivity contribution in [3.8, 4) is 6.07 Å². The van der Waals surface area contributed by atoms with Crippen molar-refractivity contribution in [2.24, 2.45) is 0 Å². The van der Waals surface area contributed by atoms with E-state index in [4.69, 9.17) is 10.00 Å². The Morgan fingerprint density at radius 1 is 1.18 bits per heavy atom. The summed E-state index contributed by atoms with van der Waals surface area (Å²) in [6.45, 7) is 3.74. The van der Waals surface area contributed by atoms with Gasteiger partial charge in [-0.05, 0) is 25.1 Å². The van der Waals surface area contributed by atoms with E-state index in [1.165, 1.54) is 6.33 Å². The molecule has 144 valence electrons. The molecule has 0 spiro atoms. The number of nitriles is 1. The number of carbonyl (C=O) groups excluding carboxylic acids is 2. The van der Waals surface area contributed by atoms with Crippen LogP contribution < -0.4 is 5.32 Å². The molecule has 0 aliphatic carbocycles. The molecule has 1 saturated heterocycles. The van der Waals surface area contributed by atoms with Gasteiger partial charge in [0.1, 0.15) is 17.8 Å². The second-order valence-corrected chi connectivity index (χ2v) is 6.08. The Balaban J connectivity index is 1.64. The van der Waals surface area contributed by atoms with Gasteiger partial charge in [-0.3, -0.25) is 4.79 Å². The topological polar surface area (TPSA) is 111 Å². The van der Waals surface area contributed by atoms with E-state index in [1.54, 1.807) is 47.1 Å². The summed E-state index contributed by atoms with van der Waals surface area (Å²) in [4.78, 5) is 35.9. The third-order valence-corrected chi connectivity index (χ3v) is 4.24. The molecule has 9 heteroatoms. The largest absolute Gasteiger partial charge is 0.450 e. The standard InChI is InChI=1S/C19H20N6O3/c1-2-28-19(27)25-8-6-24(7-9-25)18(26)16-11-17(22-13-21-16)23-15-5-3-4-14(10-15)12-20/h3-5,10-11,13H,2,6-9H2,1H3,(H,21,22,23). The first-order chi connectivity index (χ1) is 13.6. The van der Waals surface area contributed by atoms with Crippen LogP contribution in [0.4, 0.5) is 16.3 Å². The van der Waals surface area contributed by atoms with E-state index in [1.807, 2.05) is 0 Å². The Morgan fingerprint density at radius 2 is 1.93 bits per heavy atom. The summed E-state index contributed by atoms with van der Waals surface area (Å²) in [6.07, 6.45) is 0.959. The Labute approximate surface area is 162 Å². The molecular weight excluding hydrogens is 360 g/mol. The Kier molecular flexibility index (Phi) is 6.01. The summed E-state index contributed by atoms with van der Waals surface area (Å²) in [5, 5.41) is 12.1. The highest BCUT2D eigenvalue weighted by Gasteiger charge is 2.26. The summed E-state index contributed by atoms with van der Waals surface area (Å²) >= 11 is 0. The summed E-state index contributed by atoms with van der Waals surface area (Å²) in [6, 6.07) is 10.6. The highest BCUT2D eigenvalue weighted by atomic mass is 16.6. The third-order valence-electron chi connectivity index (χ3n) is 4.24. The molecular formula is C19H20N6O3. The number of carbonyl (C=O) groups is 2. The van der Waals surface area contributed by atoms with Crippen LogP contribution in [0.1, 0.15) is 23.0 Å². The van der Waals surface area contributed by atoms with E-state index in [0.29, 0.717) is 49.9 Å². The number of rotatable bonds is 4. The van der Waals surface area contributed by atoms with Gasteiger partial charge in [0.2, 0.25) is 0 Å². The van der Waals surface area contributed by atoms with Gasteiger partial charge in [0, 0.05) is 37.9 Å². The molecule has 9 nitrogen and oxygen atoms in total. The van der Waals surface area contributed by atoms with Crippen LogP contribution >= 0.6 is 0 Å². The number of nitrogens with one attached hydrogen (secondary N) is 1. The smallest absolute Gasteiger partial charge is 0.409 e. The average Bonchev–Trinajstić information content (AvgIpc) is 2.74. The lowest BCUT2D eigenvalue weighted by Crippen LogP contribution is -2.50. The molecule has 1 aromatic heterocycles. The number of hydrogen-bond acceptors (Lipinski definition) is 7. The van der Waals surface area contributed by atoms with Crippen molar-refractivity contribution in [2.45, 2.75) is 6.92 Å². The van der Waals surface area contributed by atoms with E-state index in [0.717, 1.165) is 0 Å². The monoisotopic (exact) mass is 380 g/mol. The molecule has 0 bridgehead atoms. The van der Waals surface area contributed by atoms with Crippen molar-refractivity contribution in [1.29, 1.82) is 5.26 Å². The van der Waals surface area contributed by atoms with E-state index in [9.17, 15) is 9.59 Å². The van der Waals surface area contributed by atoms with E-state index in [2.05, 4.69) is 21.4 Å². The third kappa shape index (κ3) is 4.54. The zero-order valence-corrected chi connectivity index (χ0v) is 15.5. The minimum atomic E-state index is -0.359. The first kappa shape index (κ1) is 19.1. The van der Waals surface area contributed by atoms with Gasteiger partial charge in [0.15, 0.2) is 0 Å². The van der Waals surface area contributed by atoms with Crippen LogP contribution in [-0.2, 0) is 4.74 Å². The lowest BCUT2D eigenvalue weighted by molar-refractivity contribution is 0.0566. The predicted octanol–water partition coefficient (Wildman–Crippen LogP) is 2.01. The molecule has 1 N–H and O–H groups in total. The number of amides is 2. The van der Waals surface area contributed by atoms with Crippen LogP contribution in [-0.4, -0.2) is 64.6 Å². The SMILES string of the molecule is CCOC(=O)N1CCN(C(=O)c2cc(Nc3cccc(C#N)c3)ncn2)CC1. The molecule has 1 fully saturated rings. The van der Waals surface area contributed by atoms with Crippen LogP contribution in [0.15, 0.2) is 36.7 Å². The minimum absolute atomic E-state index is 0.222. The van der Waals surface area contributed by atoms with Gasteiger partial charge in [-0.25, -0.2) is 14.8 Å². The number of hydrogen-bond donors (Lipinski definition) is 1. The van der Waals surface area contributed by atoms with Gasteiger partial charge < -0.3 is 19.9 Å². The maximum Gasteiger partial charge on any atom is 0.409 e. The average molecular weight is 380 g/mol. The summed E-state index contributed by atoms with van der Waals surface area (Å²) in [5.74, 6) is 0.235. The maximum absolute atomic E-state index is 12.7. The van der Waals surface area contributed by atoms with E-state index in [-0.39, 0.29) is 17.7 Å². The Hall–Kier alpha value is -3.67. The van der Waals surface area contributed by atoms with Crippen molar-refractivity contribution in [2.75, 3.05) is 38.1 Å². The number of piperazine rings is 1. The predicted molar refractivity (Wildman–Crippen MR) is 101 cm³/mol. The molecule has 1 aliphatic heterocycles. The van der Waals surface area contributed by atoms with Gasteiger partial charge in [0.05, 0.1) is 18.2 Å². The molecule has 0 saturated carbocycles. The van der Waals surface area contributed by atoms with Crippen LogP contribution in [0.5, 0.6) is 0 Å². The molecule has 1 aromatic carbocycles. The fourth-order valence-corrected chi connectivity index (χ4v) is 2.83. The summed E-state index contributed by atoms with van der Waals surface area (Å²) in [7, 11) is 0. The second-order valence-electron chi connectivity index (χ2n) is 6.08. The lowest BCUT2D eigenvalue weighted by atomic mass is 10.2. The number of anilines is 2. The van der Waals surface area contributed by atoms with Crippen molar-refractivity contribution in [1.82, 2.24) is 19.8 Å². The number of nitrogens with zero attached hydrogens (tertiary/aromatic N) is 5. The van der Waals surface area contributed by atoms with Crippen molar-refractivity contribution in [3.63, 3.8) is 0 Å². The van der Waals surface area contributed by atoms with E-state index < -0.39 is 0 Å². The van der Waals surface area contributed by atoms with Gasteiger partial charge in [0.25, 0.3) is 5.91 Å².